The Hall–Kier alpha value is -2.05. The molecule has 0 radical (unpaired) electrons. The van der Waals surface area contributed by atoms with Gasteiger partial charge in [-0.05, 0) is 32.0 Å². The largest absolute Gasteiger partial charge is 0.368 e. The van der Waals surface area contributed by atoms with E-state index in [0.29, 0.717) is 11.9 Å². The second-order valence-corrected chi connectivity index (χ2v) is 6.84. The number of anilines is 1. The molecule has 3 rings (SSSR count). The molecule has 2 aromatic heterocycles. The van der Waals surface area contributed by atoms with Crippen LogP contribution < -0.4 is 5.32 Å². The molecule has 2 aromatic rings. The average molecular weight is 355 g/mol. The lowest BCUT2D eigenvalue weighted by atomic mass is 10.2. The van der Waals surface area contributed by atoms with E-state index in [0.717, 1.165) is 62.9 Å². The minimum absolute atomic E-state index is 0.479. The number of hydrogen-bond donors (Lipinski definition) is 1. The van der Waals surface area contributed by atoms with Gasteiger partial charge in [0.05, 0.1) is 0 Å². The normalized spacial score (nSPS) is 17.2. The summed E-state index contributed by atoms with van der Waals surface area (Å²) in [4.78, 5) is 18.8. The summed E-state index contributed by atoms with van der Waals surface area (Å²) in [6.07, 6.45) is 2.66. The first-order chi connectivity index (χ1) is 12.7. The molecule has 6 heteroatoms. The molecule has 1 aliphatic rings. The van der Waals surface area contributed by atoms with Gasteiger partial charge < -0.3 is 10.2 Å². The predicted octanol–water partition coefficient (Wildman–Crippen LogP) is 2.54. The predicted molar refractivity (Wildman–Crippen MR) is 106 cm³/mol. The highest BCUT2D eigenvalue weighted by Gasteiger charge is 2.20. The number of nitrogens with zero attached hydrogens (tertiary/aromatic N) is 5. The third-order valence-corrected chi connectivity index (χ3v) is 5.09. The van der Waals surface area contributed by atoms with Crippen LogP contribution in [0.25, 0.3) is 11.5 Å². The summed E-state index contributed by atoms with van der Waals surface area (Å²) < 4.78 is 0. The number of aryl methyl sites for hydroxylation is 1. The molecule has 1 aliphatic heterocycles. The molecule has 140 valence electrons. The topological polar surface area (TPSA) is 57.2 Å². The summed E-state index contributed by atoms with van der Waals surface area (Å²) in [7, 11) is 0. The molecule has 0 spiro atoms. The summed E-state index contributed by atoms with van der Waals surface area (Å²) in [5.41, 5.74) is 1.85. The van der Waals surface area contributed by atoms with Crippen molar-refractivity contribution in [1.82, 2.24) is 24.8 Å². The van der Waals surface area contributed by atoms with E-state index in [-0.39, 0.29) is 0 Å². The zero-order valence-corrected chi connectivity index (χ0v) is 16.1. The van der Waals surface area contributed by atoms with Gasteiger partial charge in [0, 0.05) is 56.7 Å². The van der Waals surface area contributed by atoms with Gasteiger partial charge in [-0.1, -0.05) is 19.9 Å². The molecule has 1 atom stereocenters. The average Bonchev–Trinajstić information content (AvgIpc) is 2.72. The minimum Gasteiger partial charge on any atom is -0.368 e. The zero-order valence-electron chi connectivity index (χ0n) is 16.1. The van der Waals surface area contributed by atoms with Crippen LogP contribution in [0.1, 0.15) is 26.5 Å². The molecule has 26 heavy (non-hydrogen) atoms. The number of aromatic nitrogens is 3. The van der Waals surface area contributed by atoms with Crippen LogP contribution in [-0.2, 0) is 6.42 Å². The second kappa shape index (κ2) is 9.05. The van der Waals surface area contributed by atoms with Gasteiger partial charge in [0.25, 0.3) is 0 Å². The summed E-state index contributed by atoms with van der Waals surface area (Å²) in [5.74, 6) is 1.58. The van der Waals surface area contributed by atoms with Crippen LogP contribution in [0.3, 0.4) is 0 Å². The Labute approximate surface area is 156 Å². The highest BCUT2D eigenvalue weighted by atomic mass is 15.3. The van der Waals surface area contributed by atoms with E-state index in [2.05, 4.69) is 50.8 Å². The maximum atomic E-state index is 4.68. The van der Waals surface area contributed by atoms with Gasteiger partial charge in [-0.2, -0.15) is 0 Å². The molecular formula is C20H30N6. The summed E-state index contributed by atoms with van der Waals surface area (Å²) in [5, 5.41) is 3.52. The monoisotopic (exact) mass is 354 g/mol. The fraction of sp³-hybridized carbons (Fsp3) is 0.550. The number of nitrogens with one attached hydrogen (secondary N) is 1. The van der Waals surface area contributed by atoms with E-state index < -0.39 is 0 Å². The highest BCUT2D eigenvalue weighted by Crippen LogP contribution is 2.16. The molecular weight excluding hydrogens is 324 g/mol. The van der Waals surface area contributed by atoms with Gasteiger partial charge >= 0.3 is 0 Å². The van der Waals surface area contributed by atoms with Gasteiger partial charge in [-0.25, -0.2) is 9.97 Å². The van der Waals surface area contributed by atoms with Crippen molar-refractivity contribution in [2.45, 2.75) is 33.2 Å². The van der Waals surface area contributed by atoms with Crippen molar-refractivity contribution >= 4 is 5.82 Å². The zero-order chi connectivity index (χ0) is 18.4. The van der Waals surface area contributed by atoms with Crippen LogP contribution in [0, 0.1) is 0 Å². The molecule has 0 aliphatic carbocycles. The highest BCUT2D eigenvalue weighted by molar-refractivity contribution is 5.52. The van der Waals surface area contributed by atoms with Crippen molar-refractivity contribution in [3.8, 4) is 11.5 Å². The van der Waals surface area contributed by atoms with Crippen LogP contribution in [0.4, 0.5) is 5.82 Å². The van der Waals surface area contributed by atoms with Gasteiger partial charge in [-0.3, -0.25) is 9.88 Å². The lowest BCUT2D eigenvalue weighted by Gasteiger charge is -2.37. The fourth-order valence-electron chi connectivity index (χ4n) is 3.28. The van der Waals surface area contributed by atoms with E-state index in [1.165, 1.54) is 0 Å². The van der Waals surface area contributed by atoms with Gasteiger partial charge in [0.15, 0.2) is 5.82 Å². The van der Waals surface area contributed by atoms with Gasteiger partial charge in [-0.15, -0.1) is 0 Å². The van der Waals surface area contributed by atoms with E-state index in [1.54, 1.807) is 6.20 Å². The summed E-state index contributed by atoms with van der Waals surface area (Å²) >= 11 is 0. The maximum Gasteiger partial charge on any atom is 0.180 e. The van der Waals surface area contributed by atoms with Crippen LogP contribution >= 0.6 is 0 Å². The molecule has 1 unspecified atom stereocenters. The lowest BCUT2D eigenvalue weighted by molar-refractivity contribution is 0.110. The third-order valence-electron chi connectivity index (χ3n) is 5.09. The summed E-state index contributed by atoms with van der Waals surface area (Å²) in [6, 6.07) is 8.36. The molecule has 0 bridgehead atoms. The molecule has 1 saturated heterocycles. The van der Waals surface area contributed by atoms with Crippen molar-refractivity contribution in [3.05, 3.63) is 36.2 Å². The quantitative estimate of drug-likeness (QED) is 0.825. The smallest absolute Gasteiger partial charge is 0.180 e. The Bertz CT molecular complexity index is 682. The van der Waals surface area contributed by atoms with Crippen molar-refractivity contribution in [1.29, 1.82) is 0 Å². The first kappa shape index (κ1) is 18.7. The lowest BCUT2D eigenvalue weighted by Crippen LogP contribution is -2.51. The second-order valence-electron chi connectivity index (χ2n) is 6.84. The van der Waals surface area contributed by atoms with Crippen molar-refractivity contribution in [2.75, 3.05) is 44.6 Å². The Morgan fingerprint density at radius 1 is 1.12 bits per heavy atom. The Kier molecular flexibility index (Phi) is 6.52. The van der Waals surface area contributed by atoms with Crippen LogP contribution in [0.15, 0.2) is 30.5 Å². The Balaban J connectivity index is 1.64. The van der Waals surface area contributed by atoms with Crippen LogP contribution in [-0.4, -0.2) is 70.1 Å². The van der Waals surface area contributed by atoms with E-state index in [4.69, 9.17) is 0 Å². The van der Waals surface area contributed by atoms with Crippen LogP contribution in [0.2, 0.25) is 0 Å². The first-order valence-electron chi connectivity index (χ1n) is 9.69. The molecule has 1 N–H and O–H groups in total. The Morgan fingerprint density at radius 2 is 1.92 bits per heavy atom. The molecule has 6 nitrogen and oxygen atoms in total. The SMILES string of the molecule is CCc1cc(NCC(C)N2CCN(CC)CC2)nc(-c2ccccn2)n1. The number of piperazine rings is 1. The number of likely N-dealkylation sites (N-methyl/N-ethyl adjacent to an activating group) is 1. The number of rotatable bonds is 7. The fourth-order valence-corrected chi connectivity index (χ4v) is 3.28. The standard InChI is InChI=1S/C20H30N6/c1-4-17-14-19(24-20(23-17)18-8-6-7-9-21-18)22-15-16(3)26-12-10-25(5-2)11-13-26/h6-9,14,16H,4-5,10-13,15H2,1-3H3,(H,22,23,24). The first-order valence-corrected chi connectivity index (χ1v) is 9.69. The molecule has 0 amide bonds. The third kappa shape index (κ3) is 4.77. The van der Waals surface area contributed by atoms with Crippen molar-refractivity contribution < 1.29 is 0 Å². The molecule has 0 saturated carbocycles. The van der Waals surface area contributed by atoms with Crippen LogP contribution in [0.5, 0.6) is 0 Å². The molecule has 1 fully saturated rings. The maximum absolute atomic E-state index is 4.68. The number of hydrogen-bond acceptors (Lipinski definition) is 6. The van der Waals surface area contributed by atoms with E-state index in [1.807, 2.05) is 24.3 Å². The van der Waals surface area contributed by atoms with E-state index >= 15 is 0 Å². The minimum atomic E-state index is 0.479. The van der Waals surface area contributed by atoms with E-state index in [9.17, 15) is 0 Å². The van der Waals surface area contributed by atoms with Crippen molar-refractivity contribution in [2.24, 2.45) is 0 Å². The van der Waals surface area contributed by atoms with Crippen molar-refractivity contribution in [3.63, 3.8) is 0 Å². The van der Waals surface area contributed by atoms with Gasteiger partial charge in [0.2, 0.25) is 0 Å². The molecule has 3 heterocycles. The van der Waals surface area contributed by atoms with Gasteiger partial charge in [0.1, 0.15) is 11.5 Å². The summed E-state index contributed by atoms with van der Waals surface area (Å²) in [6.45, 7) is 13.3. The Morgan fingerprint density at radius 3 is 2.58 bits per heavy atom. The number of pyridine rings is 1. The molecule has 0 aromatic carbocycles.